The minimum atomic E-state index is -3.78. The predicted octanol–water partition coefficient (Wildman–Crippen LogP) is 2.71. The van der Waals surface area contributed by atoms with Crippen molar-refractivity contribution in [3.05, 3.63) is 24.3 Å². The van der Waals surface area contributed by atoms with E-state index in [4.69, 9.17) is 6.15 Å². The Morgan fingerprint density at radius 3 is 1.35 bits per heavy atom. The van der Waals surface area contributed by atoms with Crippen LogP contribution < -0.4 is 0 Å². The van der Waals surface area contributed by atoms with Gasteiger partial charge >= 0.3 is 108 Å². The average molecular weight is 347 g/mol. The fourth-order valence-corrected chi connectivity index (χ4v) is 11.2. The van der Waals surface area contributed by atoms with Gasteiger partial charge in [0.05, 0.1) is 0 Å². The first-order chi connectivity index (χ1) is 7.67. The molecule has 0 aromatic rings. The van der Waals surface area contributed by atoms with Crippen molar-refractivity contribution in [2.75, 3.05) is 0 Å². The van der Waals surface area contributed by atoms with Gasteiger partial charge in [-0.05, 0) is 0 Å². The third kappa shape index (κ3) is 7.20. The molecule has 0 unspecified atom stereocenters. The maximum absolute atomic E-state index is 11.2. The predicted molar refractivity (Wildman–Crippen MR) is 68.5 cm³/mol. The molecule has 0 aliphatic rings. The zero-order chi connectivity index (χ0) is 13.6. The molecule has 0 aromatic carbocycles. The molecule has 0 atom stereocenters. The third-order valence-electron chi connectivity index (χ3n) is 1.80. The number of carbonyl (C=O) groups excluding carboxylic acids is 2. The van der Waals surface area contributed by atoms with Gasteiger partial charge in [0.1, 0.15) is 0 Å². The van der Waals surface area contributed by atoms with Crippen LogP contribution in [-0.2, 0) is 15.7 Å². The molecule has 0 N–H and O–H groups in total. The Labute approximate surface area is 108 Å². The zero-order valence-corrected chi connectivity index (χ0v) is 13.8. The summed E-state index contributed by atoms with van der Waals surface area (Å²) >= 11 is -3.78. The summed E-state index contributed by atoms with van der Waals surface area (Å²) in [5, 5.41) is 0. The molecule has 0 spiro atoms. The molecule has 0 aliphatic carbocycles. The second-order valence-electron chi connectivity index (χ2n) is 4.37. The standard InChI is InChI=1S/2C4H7.2C2H4O2.Sn/c2*1-4(2)3;2*1-2(3)4;/h2*1-2H2,3H3;2*1H3,(H,3,4);/q;;;;+2/p-2. The van der Waals surface area contributed by atoms with Gasteiger partial charge in [-0.2, -0.15) is 0 Å². The van der Waals surface area contributed by atoms with Crippen LogP contribution in [0.1, 0.15) is 27.7 Å². The molecule has 0 aliphatic heterocycles. The van der Waals surface area contributed by atoms with Gasteiger partial charge in [0, 0.05) is 0 Å². The van der Waals surface area contributed by atoms with Crippen LogP contribution in [0.2, 0.25) is 8.87 Å². The molecule has 0 heterocycles. The number of carbonyl (C=O) groups is 2. The Morgan fingerprint density at radius 2 is 1.18 bits per heavy atom. The van der Waals surface area contributed by atoms with Crippen LogP contribution in [0.15, 0.2) is 24.3 Å². The number of allylic oxidation sites excluding steroid dienone is 2. The number of hydrogen-bond acceptors (Lipinski definition) is 4. The summed E-state index contributed by atoms with van der Waals surface area (Å²) in [4.78, 5) is 22.4. The van der Waals surface area contributed by atoms with Crippen LogP contribution in [0.25, 0.3) is 0 Å². The monoisotopic (exact) mass is 348 g/mol. The average Bonchev–Trinajstić information content (AvgIpc) is 1.95. The molecule has 0 saturated carbocycles. The fraction of sp³-hybridized carbons (Fsp3) is 0.500. The van der Waals surface area contributed by atoms with E-state index in [9.17, 15) is 9.59 Å². The first kappa shape index (κ1) is 16.2. The van der Waals surface area contributed by atoms with Gasteiger partial charge in [-0.3, -0.25) is 0 Å². The van der Waals surface area contributed by atoms with E-state index in [1.54, 1.807) is 0 Å². The molecule has 96 valence electrons. The molecule has 0 bridgehead atoms. The van der Waals surface area contributed by atoms with Crippen molar-refractivity contribution in [1.82, 2.24) is 0 Å². The van der Waals surface area contributed by atoms with Crippen molar-refractivity contribution in [2.24, 2.45) is 0 Å². The van der Waals surface area contributed by atoms with Gasteiger partial charge in [-0.15, -0.1) is 0 Å². The Hall–Kier alpha value is -0.781. The molecule has 0 amide bonds. The quantitative estimate of drug-likeness (QED) is 0.548. The molecule has 5 heteroatoms. The summed E-state index contributed by atoms with van der Waals surface area (Å²) in [5.41, 5.74) is 1.70. The summed E-state index contributed by atoms with van der Waals surface area (Å²) < 4.78 is 11.7. The molecule has 0 rings (SSSR count). The van der Waals surface area contributed by atoms with Gasteiger partial charge in [0.15, 0.2) is 0 Å². The molecule has 0 radical (unpaired) electrons. The zero-order valence-electron chi connectivity index (χ0n) is 11.0. The van der Waals surface area contributed by atoms with Gasteiger partial charge in [0.25, 0.3) is 0 Å². The second-order valence-corrected chi connectivity index (χ2v) is 12.7. The maximum atomic E-state index is 11.2. The summed E-state index contributed by atoms with van der Waals surface area (Å²) in [6, 6.07) is 0. The van der Waals surface area contributed by atoms with E-state index < -0.39 is 31.1 Å². The van der Waals surface area contributed by atoms with Gasteiger partial charge in [-0.25, -0.2) is 0 Å². The number of hydrogen-bond donors (Lipinski definition) is 0. The second kappa shape index (κ2) is 6.83. The summed E-state index contributed by atoms with van der Waals surface area (Å²) in [5.74, 6) is -0.825. The fourth-order valence-electron chi connectivity index (χ4n) is 1.67. The van der Waals surface area contributed by atoms with Crippen LogP contribution >= 0.6 is 0 Å². The van der Waals surface area contributed by atoms with Crippen LogP contribution in [-0.4, -0.2) is 31.1 Å². The van der Waals surface area contributed by atoms with Crippen LogP contribution in [0.4, 0.5) is 0 Å². The summed E-state index contributed by atoms with van der Waals surface area (Å²) in [6.07, 6.45) is 0. The van der Waals surface area contributed by atoms with E-state index in [0.717, 1.165) is 11.1 Å². The summed E-state index contributed by atoms with van der Waals surface area (Å²) in [7, 11) is 0. The molecule has 17 heavy (non-hydrogen) atoms. The Kier molecular flexibility index (Phi) is 6.52. The first-order valence-corrected chi connectivity index (χ1v) is 11.7. The van der Waals surface area contributed by atoms with Crippen molar-refractivity contribution in [1.29, 1.82) is 0 Å². The minimum absolute atomic E-state index is 0.412. The molecular formula is C12H20O4Sn. The van der Waals surface area contributed by atoms with Crippen molar-refractivity contribution in [3.8, 4) is 0 Å². The Morgan fingerprint density at radius 1 is 0.882 bits per heavy atom. The normalized spacial score (nSPS) is 10.6. The molecule has 0 fully saturated rings. The van der Waals surface area contributed by atoms with E-state index in [1.807, 2.05) is 13.8 Å². The van der Waals surface area contributed by atoms with E-state index in [2.05, 4.69) is 13.2 Å². The van der Waals surface area contributed by atoms with Crippen molar-refractivity contribution in [2.45, 2.75) is 36.6 Å². The van der Waals surface area contributed by atoms with E-state index in [0.29, 0.717) is 8.87 Å². The topological polar surface area (TPSA) is 52.6 Å². The van der Waals surface area contributed by atoms with Crippen LogP contribution in [0.5, 0.6) is 0 Å². The Balaban J connectivity index is 5.16. The van der Waals surface area contributed by atoms with Gasteiger partial charge in [-0.1, -0.05) is 0 Å². The van der Waals surface area contributed by atoms with Crippen molar-refractivity contribution >= 4 is 31.1 Å². The molecular weight excluding hydrogens is 327 g/mol. The molecule has 0 saturated heterocycles. The van der Waals surface area contributed by atoms with Crippen LogP contribution in [0.3, 0.4) is 0 Å². The first-order valence-electron chi connectivity index (χ1n) is 5.35. The molecule has 0 aromatic heterocycles. The van der Waals surface area contributed by atoms with Crippen LogP contribution in [0, 0.1) is 0 Å². The third-order valence-corrected chi connectivity index (χ3v) is 12.1. The summed E-state index contributed by atoms with van der Waals surface area (Å²) in [6.45, 7) is 13.9. The van der Waals surface area contributed by atoms with Gasteiger partial charge in [0.2, 0.25) is 0 Å². The van der Waals surface area contributed by atoms with Gasteiger partial charge < -0.3 is 0 Å². The van der Waals surface area contributed by atoms with Crippen molar-refractivity contribution in [3.63, 3.8) is 0 Å². The molecule has 4 nitrogen and oxygen atoms in total. The van der Waals surface area contributed by atoms with E-state index in [-0.39, 0.29) is 0 Å². The Bertz CT molecular complexity index is 277. The van der Waals surface area contributed by atoms with E-state index in [1.165, 1.54) is 13.8 Å². The SMILES string of the molecule is C=C(C)[CH2][Sn]([CH2]C(=C)C)([O]C(C)=O)[O]C(C)=O. The van der Waals surface area contributed by atoms with E-state index >= 15 is 0 Å². The van der Waals surface area contributed by atoms with Crippen molar-refractivity contribution < 1.29 is 15.7 Å². The number of rotatable bonds is 6.